The summed E-state index contributed by atoms with van der Waals surface area (Å²) in [6.07, 6.45) is 0.752. The van der Waals surface area contributed by atoms with E-state index in [4.69, 9.17) is 9.47 Å². The van der Waals surface area contributed by atoms with Crippen LogP contribution < -0.4 is 5.32 Å². The van der Waals surface area contributed by atoms with Crippen LogP contribution in [0, 0.1) is 0 Å². The van der Waals surface area contributed by atoms with E-state index >= 15 is 0 Å². The molecule has 1 rings (SSSR count). The van der Waals surface area contributed by atoms with Crippen LogP contribution in [0.4, 0.5) is 4.79 Å². The first-order valence-corrected chi connectivity index (χ1v) is 5.54. The Labute approximate surface area is 96.1 Å². The number of hydrogen-bond acceptors (Lipinski definition) is 4. The number of carbonyl (C=O) groups excluding carboxylic acids is 1. The van der Waals surface area contributed by atoms with E-state index in [0.717, 1.165) is 0 Å². The lowest BCUT2D eigenvalue weighted by Crippen LogP contribution is -2.48. The average Bonchev–Trinajstić information content (AvgIpc) is 2.05. The van der Waals surface area contributed by atoms with Crippen molar-refractivity contribution in [2.45, 2.75) is 58.0 Å². The highest BCUT2D eigenvalue weighted by Crippen LogP contribution is 2.21. The van der Waals surface area contributed by atoms with E-state index in [1.54, 1.807) is 6.92 Å². The zero-order chi connectivity index (χ0) is 12.4. The first kappa shape index (κ1) is 13.3. The van der Waals surface area contributed by atoms with Gasteiger partial charge in [-0.15, -0.1) is 0 Å². The fraction of sp³-hybridized carbons (Fsp3) is 0.909. The third kappa shape index (κ3) is 4.81. The molecule has 16 heavy (non-hydrogen) atoms. The summed E-state index contributed by atoms with van der Waals surface area (Å²) in [5.74, 6) is -1.06. The maximum Gasteiger partial charge on any atom is 0.407 e. The first-order valence-electron chi connectivity index (χ1n) is 5.54. The van der Waals surface area contributed by atoms with Crippen LogP contribution >= 0.6 is 0 Å². The Morgan fingerprint density at radius 3 is 2.62 bits per heavy atom. The fourth-order valence-electron chi connectivity index (χ4n) is 1.47. The van der Waals surface area contributed by atoms with Gasteiger partial charge in [0.2, 0.25) is 0 Å². The largest absolute Gasteiger partial charge is 0.444 e. The lowest BCUT2D eigenvalue weighted by Gasteiger charge is -2.33. The van der Waals surface area contributed by atoms with Gasteiger partial charge in [0.05, 0.1) is 12.6 Å². The van der Waals surface area contributed by atoms with Crippen molar-refractivity contribution in [1.29, 1.82) is 0 Å². The van der Waals surface area contributed by atoms with Crippen molar-refractivity contribution in [3.8, 4) is 0 Å². The van der Waals surface area contributed by atoms with Crippen molar-refractivity contribution in [2.75, 3.05) is 6.61 Å². The van der Waals surface area contributed by atoms with Gasteiger partial charge >= 0.3 is 6.09 Å². The van der Waals surface area contributed by atoms with E-state index in [0.29, 0.717) is 19.4 Å². The van der Waals surface area contributed by atoms with Crippen LogP contribution in [-0.2, 0) is 9.47 Å². The van der Waals surface area contributed by atoms with Gasteiger partial charge in [-0.1, -0.05) is 0 Å². The van der Waals surface area contributed by atoms with Crippen LogP contribution in [0.15, 0.2) is 0 Å². The van der Waals surface area contributed by atoms with Crippen LogP contribution in [0.5, 0.6) is 0 Å². The van der Waals surface area contributed by atoms with Crippen molar-refractivity contribution >= 4 is 6.09 Å². The summed E-state index contributed by atoms with van der Waals surface area (Å²) >= 11 is 0. The highest BCUT2D eigenvalue weighted by atomic mass is 16.6. The molecule has 0 aromatic heterocycles. The van der Waals surface area contributed by atoms with E-state index < -0.39 is 17.5 Å². The summed E-state index contributed by atoms with van der Waals surface area (Å²) in [4.78, 5) is 11.4. The average molecular weight is 231 g/mol. The third-order valence-corrected chi connectivity index (χ3v) is 2.27. The summed E-state index contributed by atoms with van der Waals surface area (Å²) in [6.45, 7) is 7.38. The van der Waals surface area contributed by atoms with Gasteiger partial charge in [0.25, 0.3) is 0 Å². The molecule has 2 N–H and O–H groups in total. The molecule has 1 saturated heterocycles. The molecule has 5 nitrogen and oxygen atoms in total. The third-order valence-electron chi connectivity index (χ3n) is 2.27. The second-order valence-corrected chi connectivity index (χ2v) is 5.37. The number of ether oxygens (including phenoxy) is 2. The predicted molar refractivity (Wildman–Crippen MR) is 59.0 cm³/mol. The van der Waals surface area contributed by atoms with E-state index in [1.165, 1.54) is 0 Å². The Balaban J connectivity index is 2.32. The lowest BCUT2D eigenvalue weighted by molar-refractivity contribution is -0.216. The van der Waals surface area contributed by atoms with Crippen LogP contribution in [0.2, 0.25) is 0 Å². The van der Waals surface area contributed by atoms with Gasteiger partial charge in [-0.3, -0.25) is 0 Å². The van der Waals surface area contributed by atoms with Gasteiger partial charge in [0.1, 0.15) is 5.60 Å². The van der Waals surface area contributed by atoms with Crippen molar-refractivity contribution in [2.24, 2.45) is 0 Å². The monoisotopic (exact) mass is 231 g/mol. The molecular weight excluding hydrogens is 210 g/mol. The van der Waals surface area contributed by atoms with Crippen LogP contribution in [-0.4, -0.2) is 35.2 Å². The summed E-state index contributed by atoms with van der Waals surface area (Å²) < 4.78 is 10.3. The minimum atomic E-state index is -1.06. The normalized spacial score (nSPS) is 30.9. The van der Waals surface area contributed by atoms with Crippen molar-refractivity contribution in [3.05, 3.63) is 0 Å². The minimum absolute atomic E-state index is 0.0879. The number of hydrogen-bond donors (Lipinski definition) is 2. The van der Waals surface area contributed by atoms with E-state index in [-0.39, 0.29) is 6.04 Å². The summed E-state index contributed by atoms with van der Waals surface area (Å²) in [7, 11) is 0. The molecule has 0 aliphatic carbocycles. The standard InChI is InChI=1S/C11H21NO4/c1-10(2,3)16-9(13)12-8-5-6-11(4,14)15-7-8/h8,14H,5-7H2,1-4H3,(H,12,13)/t8-,11?/m0/s1. The van der Waals surface area contributed by atoms with Gasteiger partial charge in [0.15, 0.2) is 5.79 Å². The first-order chi connectivity index (χ1) is 7.18. The lowest BCUT2D eigenvalue weighted by atomic mass is 10.0. The molecule has 0 radical (unpaired) electrons. The number of aliphatic hydroxyl groups is 1. The number of nitrogens with one attached hydrogen (secondary N) is 1. The molecule has 0 bridgehead atoms. The Morgan fingerprint density at radius 1 is 1.56 bits per heavy atom. The Kier molecular flexibility index (Phi) is 3.80. The van der Waals surface area contributed by atoms with Gasteiger partial charge in [-0.2, -0.15) is 0 Å². The molecule has 0 aromatic carbocycles. The zero-order valence-corrected chi connectivity index (χ0v) is 10.4. The number of alkyl carbamates (subject to hydrolysis) is 1. The Hall–Kier alpha value is -0.810. The van der Waals surface area contributed by atoms with Gasteiger partial charge in [-0.05, 0) is 34.1 Å². The molecule has 1 amide bonds. The molecular formula is C11H21NO4. The van der Waals surface area contributed by atoms with Crippen LogP contribution in [0.1, 0.15) is 40.5 Å². The number of rotatable bonds is 1. The van der Waals surface area contributed by atoms with Crippen LogP contribution in [0.25, 0.3) is 0 Å². The van der Waals surface area contributed by atoms with Gasteiger partial charge < -0.3 is 19.9 Å². The molecule has 1 fully saturated rings. The van der Waals surface area contributed by atoms with E-state index in [9.17, 15) is 9.90 Å². The van der Waals surface area contributed by atoms with E-state index in [1.807, 2.05) is 20.8 Å². The maximum absolute atomic E-state index is 11.4. The second-order valence-electron chi connectivity index (χ2n) is 5.37. The summed E-state index contributed by atoms with van der Waals surface area (Å²) in [5, 5.41) is 12.3. The minimum Gasteiger partial charge on any atom is -0.444 e. The fourth-order valence-corrected chi connectivity index (χ4v) is 1.47. The predicted octanol–water partition coefficient (Wildman–Crippen LogP) is 1.40. The summed E-state index contributed by atoms with van der Waals surface area (Å²) in [6, 6.07) is -0.0879. The van der Waals surface area contributed by atoms with Crippen molar-refractivity contribution < 1.29 is 19.4 Å². The van der Waals surface area contributed by atoms with Crippen molar-refractivity contribution in [1.82, 2.24) is 5.32 Å². The van der Waals surface area contributed by atoms with Gasteiger partial charge in [0, 0.05) is 6.42 Å². The zero-order valence-electron chi connectivity index (χ0n) is 10.4. The van der Waals surface area contributed by atoms with Gasteiger partial charge in [-0.25, -0.2) is 4.79 Å². The Morgan fingerprint density at radius 2 is 2.19 bits per heavy atom. The quantitative estimate of drug-likeness (QED) is 0.715. The molecule has 0 spiro atoms. The smallest absolute Gasteiger partial charge is 0.407 e. The Bertz CT molecular complexity index is 247. The molecule has 1 unspecified atom stereocenters. The highest BCUT2D eigenvalue weighted by molar-refractivity contribution is 5.68. The molecule has 2 atom stereocenters. The maximum atomic E-state index is 11.4. The molecule has 5 heteroatoms. The van der Waals surface area contributed by atoms with Crippen molar-refractivity contribution in [3.63, 3.8) is 0 Å². The second kappa shape index (κ2) is 4.59. The molecule has 94 valence electrons. The molecule has 1 heterocycles. The molecule has 0 aromatic rings. The SMILES string of the molecule is CC(C)(C)OC(=O)N[C@H]1CCC(C)(O)OC1. The number of amides is 1. The number of carbonyl (C=O) groups is 1. The highest BCUT2D eigenvalue weighted by Gasteiger charge is 2.30. The molecule has 1 aliphatic heterocycles. The topological polar surface area (TPSA) is 67.8 Å². The molecule has 0 saturated carbocycles. The van der Waals surface area contributed by atoms with Crippen LogP contribution in [0.3, 0.4) is 0 Å². The molecule has 1 aliphatic rings. The van der Waals surface area contributed by atoms with E-state index in [2.05, 4.69) is 5.32 Å². The summed E-state index contributed by atoms with van der Waals surface area (Å²) in [5.41, 5.74) is -0.495.